The van der Waals surface area contributed by atoms with Gasteiger partial charge in [0, 0.05) is 134 Å². The Kier molecular flexibility index (Phi) is 11.0. The molecule has 286 valence electrons. The molecule has 1 unspecified atom stereocenters. The van der Waals surface area contributed by atoms with Crippen LogP contribution in [0, 0.1) is 0 Å². The monoisotopic (exact) mass is 729 g/mol. The number of likely N-dealkylation sites (tertiary alicyclic amines) is 1. The summed E-state index contributed by atoms with van der Waals surface area (Å²) in [6.45, 7) is 23.6. The molecule has 3 fully saturated rings. The molecule has 1 atom stereocenters. The molecule has 0 saturated carbocycles. The van der Waals surface area contributed by atoms with Crippen molar-refractivity contribution < 1.29 is 9.59 Å². The highest BCUT2D eigenvalue weighted by molar-refractivity contribution is 5.99. The van der Waals surface area contributed by atoms with E-state index in [4.69, 9.17) is 0 Å². The number of H-pyrrole nitrogens is 1. The van der Waals surface area contributed by atoms with E-state index in [2.05, 4.69) is 121 Å². The van der Waals surface area contributed by atoms with Crippen LogP contribution in [0.4, 0.5) is 0 Å². The molecule has 2 amide bonds. The first-order chi connectivity index (χ1) is 25.8. The molecule has 1 N–H and O–H groups in total. The normalized spacial score (nSPS) is 19.3. The molecule has 0 bridgehead atoms. The molecule has 3 aliphatic heterocycles. The van der Waals surface area contributed by atoms with Crippen LogP contribution in [0.25, 0.3) is 21.8 Å². The van der Waals surface area contributed by atoms with Gasteiger partial charge >= 0.3 is 0 Å². The molecule has 0 spiro atoms. The van der Waals surface area contributed by atoms with Crippen LogP contribution in [-0.2, 0) is 6.54 Å². The molecule has 3 saturated heterocycles. The van der Waals surface area contributed by atoms with Crippen LogP contribution < -0.4 is 0 Å². The van der Waals surface area contributed by atoms with Crippen LogP contribution in [0.15, 0.2) is 91.3 Å². The fourth-order valence-electron chi connectivity index (χ4n) is 8.35. The second kappa shape index (κ2) is 15.7. The maximum Gasteiger partial charge on any atom is 0.253 e. The van der Waals surface area contributed by atoms with E-state index in [0.29, 0.717) is 6.04 Å². The summed E-state index contributed by atoms with van der Waals surface area (Å²) >= 11 is 0. The highest BCUT2D eigenvalue weighted by Crippen LogP contribution is 2.29. The van der Waals surface area contributed by atoms with Crippen molar-refractivity contribution >= 4 is 33.6 Å². The van der Waals surface area contributed by atoms with E-state index in [0.717, 1.165) is 106 Å². The Morgan fingerprint density at radius 3 is 1.81 bits per heavy atom. The van der Waals surface area contributed by atoms with Gasteiger partial charge in [-0.1, -0.05) is 30.3 Å². The number of piperazine rings is 2. The first kappa shape index (κ1) is 37.9. The van der Waals surface area contributed by atoms with Crippen molar-refractivity contribution in [2.45, 2.75) is 71.6 Å². The molecule has 9 nitrogen and oxygen atoms in total. The van der Waals surface area contributed by atoms with E-state index in [1.807, 2.05) is 46.3 Å². The minimum atomic E-state index is 0.145. The minimum Gasteiger partial charge on any atom is -0.361 e. The number of nitrogens with zero attached hydrogens (tertiary/aromatic N) is 6. The van der Waals surface area contributed by atoms with E-state index in [-0.39, 0.29) is 22.9 Å². The van der Waals surface area contributed by atoms with Crippen molar-refractivity contribution in [3.63, 3.8) is 0 Å². The second-order valence-electron chi connectivity index (χ2n) is 17.3. The summed E-state index contributed by atoms with van der Waals surface area (Å²) in [6.07, 6.45) is 5.27. The molecule has 0 aliphatic carbocycles. The number of carbonyl (C=O) groups is 2. The fraction of sp³-hybridized carbons (Fsp3) is 0.467. The summed E-state index contributed by atoms with van der Waals surface area (Å²) in [5.74, 6) is 0.305. The number of nitrogens with one attached hydrogen (secondary N) is 1. The number of aromatic nitrogens is 2. The standard InChI is InChI=1S/C28H36N4O.C17H23N3O/c1-28(2,3)31-17-15-30(16-18-31)27(33)24-9-10-26-23(19-24)11-14-32(26)25-12-13-29(21-25)20-22-7-5-4-6-8-22;1-17(2,3)20-10-8-19(9-11-20)16(21)14-4-5-15-13(12-14)6-7-18-15/h4-11,14,19,25H,12-13,15-18,20-21H2,1-3H3;4-7,12,18H,8-11H2,1-3H3. The SMILES string of the molecule is CC(C)(C)N1CCN(C(=O)c2ccc3[nH]ccc3c2)CC1.CC(C)(C)N1CCN(C(=O)c2ccc3c(ccn3C3CCN(Cc4ccccc4)C3)c2)CC1. The van der Waals surface area contributed by atoms with Crippen molar-refractivity contribution in [1.82, 2.24) is 34.1 Å². The summed E-state index contributed by atoms with van der Waals surface area (Å²) in [4.78, 5) is 40.4. The van der Waals surface area contributed by atoms with E-state index < -0.39 is 0 Å². The minimum absolute atomic E-state index is 0.145. The average molecular weight is 730 g/mol. The largest absolute Gasteiger partial charge is 0.361 e. The van der Waals surface area contributed by atoms with Crippen molar-refractivity contribution in [2.24, 2.45) is 0 Å². The number of hydrogen-bond donors (Lipinski definition) is 1. The van der Waals surface area contributed by atoms with Gasteiger partial charge in [0.25, 0.3) is 11.8 Å². The van der Waals surface area contributed by atoms with E-state index in [1.54, 1.807) is 0 Å². The first-order valence-corrected chi connectivity index (χ1v) is 19.9. The van der Waals surface area contributed by atoms with Gasteiger partial charge in [-0.25, -0.2) is 0 Å². The van der Waals surface area contributed by atoms with Gasteiger partial charge in [0.05, 0.1) is 0 Å². The lowest BCUT2D eigenvalue weighted by Crippen LogP contribution is -2.54. The number of carbonyl (C=O) groups excluding carboxylic acids is 2. The lowest BCUT2D eigenvalue weighted by molar-refractivity contribution is 0.0449. The molecular weight excluding hydrogens is 671 g/mol. The van der Waals surface area contributed by atoms with Crippen molar-refractivity contribution in [2.75, 3.05) is 65.4 Å². The van der Waals surface area contributed by atoms with Gasteiger partial charge in [-0.05, 0) is 102 Å². The number of hydrogen-bond acceptors (Lipinski definition) is 5. The van der Waals surface area contributed by atoms with Gasteiger partial charge in [-0.3, -0.25) is 24.3 Å². The number of fused-ring (bicyclic) bond motifs is 2. The Morgan fingerprint density at radius 2 is 1.22 bits per heavy atom. The van der Waals surface area contributed by atoms with E-state index in [1.165, 1.54) is 11.1 Å². The quantitative estimate of drug-likeness (QED) is 0.205. The van der Waals surface area contributed by atoms with Gasteiger partial charge in [0.2, 0.25) is 0 Å². The summed E-state index contributed by atoms with van der Waals surface area (Å²) in [6, 6.07) is 27.5. The Hall–Kier alpha value is -4.44. The van der Waals surface area contributed by atoms with E-state index in [9.17, 15) is 9.59 Å². The Labute approximate surface area is 321 Å². The molecule has 0 radical (unpaired) electrons. The van der Waals surface area contributed by atoms with Crippen molar-refractivity contribution in [3.8, 4) is 0 Å². The summed E-state index contributed by atoms with van der Waals surface area (Å²) in [7, 11) is 0. The van der Waals surface area contributed by atoms with Crippen LogP contribution >= 0.6 is 0 Å². The Bertz CT molecular complexity index is 2040. The zero-order chi connectivity index (χ0) is 38.0. The molecular formula is C45H59N7O2. The molecule has 3 aromatic carbocycles. The lowest BCUT2D eigenvalue weighted by Gasteiger charge is -2.42. The van der Waals surface area contributed by atoms with Gasteiger partial charge in [0.15, 0.2) is 0 Å². The van der Waals surface area contributed by atoms with Crippen LogP contribution in [0.1, 0.15) is 80.3 Å². The third-order valence-corrected chi connectivity index (χ3v) is 11.7. The number of aromatic amines is 1. The Balaban J connectivity index is 0.000000184. The number of amides is 2. The van der Waals surface area contributed by atoms with Gasteiger partial charge in [-0.15, -0.1) is 0 Å². The molecule has 2 aromatic heterocycles. The van der Waals surface area contributed by atoms with Crippen LogP contribution in [0.5, 0.6) is 0 Å². The summed E-state index contributed by atoms with van der Waals surface area (Å²) < 4.78 is 2.41. The second-order valence-corrected chi connectivity index (χ2v) is 17.3. The van der Waals surface area contributed by atoms with Gasteiger partial charge in [0.1, 0.15) is 0 Å². The molecule has 3 aliphatic rings. The smallest absolute Gasteiger partial charge is 0.253 e. The zero-order valence-electron chi connectivity index (χ0n) is 33.2. The van der Waals surface area contributed by atoms with Crippen molar-refractivity contribution in [1.29, 1.82) is 0 Å². The third-order valence-electron chi connectivity index (χ3n) is 11.7. The molecule has 54 heavy (non-hydrogen) atoms. The molecule has 5 heterocycles. The highest BCUT2D eigenvalue weighted by Gasteiger charge is 2.30. The third kappa shape index (κ3) is 8.59. The number of rotatable bonds is 5. The highest BCUT2D eigenvalue weighted by atomic mass is 16.2. The molecule has 8 rings (SSSR count). The van der Waals surface area contributed by atoms with Gasteiger partial charge in [-0.2, -0.15) is 0 Å². The topological polar surface area (TPSA) is 71.1 Å². The van der Waals surface area contributed by atoms with Crippen LogP contribution in [0.2, 0.25) is 0 Å². The average Bonchev–Trinajstić information content (AvgIpc) is 3.94. The van der Waals surface area contributed by atoms with Crippen LogP contribution in [0.3, 0.4) is 0 Å². The lowest BCUT2D eigenvalue weighted by atomic mass is 10.0. The van der Waals surface area contributed by atoms with Crippen molar-refractivity contribution in [3.05, 3.63) is 108 Å². The molecule has 9 heteroatoms. The van der Waals surface area contributed by atoms with Gasteiger partial charge < -0.3 is 19.4 Å². The maximum absolute atomic E-state index is 13.2. The predicted molar refractivity (Wildman–Crippen MR) is 220 cm³/mol. The van der Waals surface area contributed by atoms with E-state index >= 15 is 0 Å². The Morgan fingerprint density at radius 1 is 0.648 bits per heavy atom. The first-order valence-electron chi connectivity index (χ1n) is 19.9. The fourth-order valence-corrected chi connectivity index (χ4v) is 8.35. The zero-order valence-corrected chi connectivity index (χ0v) is 33.2. The molecule has 5 aromatic rings. The van der Waals surface area contributed by atoms with Crippen LogP contribution in [-0.4, -0.2) is 122 Å². The summed E-state index contributed by atoms with van der Waals surface area (Å²) in [5.41, 5.74) is 5.61. The predicted octanol–water partition coefficient (Wildman–Crippen LogP) is 7.37. The summed E-state index contributed by atoms with van der Waals surface area (Å²) in [5, 5.41) is 2.25. The number of benzene rings is 3. The maximum atomic E-state index is 13.2.